The summed E-state index contributed by atoms with van der Waals surface area (Å²) < 4.78 is 10.4. The summed E-state index contributed by atoms with van der Waals surface area (Å²) >= 11 is 0. The molecule has 0 aromatic heterocycles. The molecule has 0 radical (unpaired) electrons. The van der Waals surface area contributed by atoms with Crippen LogP contribution in [0.15, 0.2) is 24.3 Å². The summed E-state index contributed by atoms with van der Waals surface area (Å²) in [6, 6.07) is 8.01. The van der Waals surface area contributed by atoms with Gasteiger partial charge in [0.2, 0.25) is 0 Å². The molecular weight excluding hydrogens is 204 g/mol. The number of para-hydroxylation sites is 1. The molecule has 0 unspecified atom stereocenters. The summed E-state index contributed by atoms with van der Waals surface area (Å²) in [5, 5.41) is 0. The standard InChI is InChI=1S/C13H14O3/c1-15-12(14)10-8-13(10)6-7-16-11-5-3-2-4-9(11)13/h2-5,10H,6-8H2,1H3/t10-,13-/m0/s1. The molecule has 0 amide bonds. The second kappa shape index (κ2) is 3.24. The van der Waals surface area contributed by atoms with E-state index in [0.717, 1.165) is 18.6 Å². The van der Waals surface area contributed by atoms with E-state index >= 15 is 0 Å². The topological polar surface area (TPSA) is 35.5 Å². The van der Waals surface area contributed by atoms with Crippen molar-refractivity contribution in [2.24, 2.45) is 5.92 Å². The number of carbonyl (C=O) groups excluding carboxylic acids is 1. The van der Waals surface area contributed by atoms with Crippen LogP contribution in [0.4, 0.5) is 0 Å². The van der Waals surface area contributed by atoms with E-state index in [1.807, 2.05) is 18.2 Å². The highest BCUT2D eigenvalue weighted by Gasteiger charge is 2.61. The molecule has 1 saturated carbocycles. The Morgan fingerprint density at radius 3 is 3.12 bits per heavy atom. The van der Waals surface area contributed by atoms with Gasteiger partial charge in [0, 0.05) is 11.0 Å². The summed E-state index contributed by atoms with van der Waals surface area (Å²) in [6.45, 7) is 0.699. The van der Waals surface area contributed by atoms with Crippen LogP contribution in [-0.4, -0.2) is 19.7 Å². The van der Waals surface area contributed by atoms with E-state index in [-0.39, 0.29) is 17.3 Å². The van der Waals surface area contributed by atoms with E-state index < -0.39 is 0 Å². The largest absolute Gasteiger partial charge is 0.493 e. The molecule has 84 valence electrons. The van der Waals surface area contributed by atoms with Crippen LogP contribution in [0.25, 0.3) is 0 Å². The second-order valence-corrected chi connectivity index (χ2v) is 4.53. The minimum atomic E-state index is -0.0864. The van der Waals surface area contributed by atoms with E-state index in [0.29, 0.717) is 6.61 Å². The lowest BCUT2D eigenvalue weighted by Gasteiger charge is -2.26. The van der Waals surface area contributed by atoms with Crippen molar-refractivity contribution >= 4 is 5.97 Å². The number of hydrogen-bond donors (Lipinski definition) is 0. The molecule has 2 atom stereocenters. The van der Waals surface area contributed by atoms with Gasteiger partial charge in [-0.05, 0) is 18.9 Å². The zero-order valence-electron chi connectivity index (χ0n) is 9.23. The van der Waals surface area contributed by atoms with Crippen molar-refractivity contribution < 1.29 is 14.3 Å². The third kappa shape index (κ3) is 1.17. The molecule has 0 N–H and O–H groups in total. The number of carbonyl (C=O) groups is 1. The zero-order chi connectivity index (χ0) is 11.2. The SMILES string of the molecule is COC(=O)[C@@H]1C[C@]12CCOc1ccccc12. The van der Waals surface area contributed by atoms with Crippen LogP contribution in [0.3, 0.4) is 0 Å². The van der Waals surface area contributed by atoms with Crippen LogP contribution in [0.5, 0.6) is 5.75 Å². The Morgan fingerprint density at radius 2 is 2.31 bits per heavy atom. The zero-order valence-corrected chi connectivity index (χ0v) is 9.23. The quantitative estimate of drug-likeness (QED) is 0.675. The van der Waals surface area contributed by atoms with Crippen LogP contribution in [0.2, 0.25) is 0 Å². The highest BCUT2D eigenvalue weighted by atomic mass is 16.5. The Hall–Kier alpha value is -1.51. The molecule has 2 aliphatic rings. The fourth-order valence-electron chi connectivity index (χ4n) is 2.81. The second-order valence-electron chi connectivity index (χ2n) is 4.53. The van der Waals surface area contributed by atoms with Gasteiger partial charge in [0.1, 0.15) is 5.75 Å². The van der Waals surface area contributed by atoms with Gasteiger partial charge < -0.3 is 9.47 Å². The van der Waals surface area contributed by atoms with Gasteiger partial charge in [-0.15, -0.1) is 0 Å². The molecule has 1 spiro atoms. The van der Waals surface area contributed by atoms with Gasteiger partial charge in [-0.1, -0.05) is 18.2 Å². The van der Waals surface area contributed by atoms with Crippen molar-refractivity contribution in [3.63, 3.8) is 0 Å². The van der Waals surface area contributed by atoms with Gasteiger partial charge in [0.25, 0.3) is 0 Å². The highest BCUT2D eigenvalue weighted by molar-refractivity contribution is 5.79. The Bertz CT molecular complexity index is 441. The summed E-state index contributed by atoms with van der Waals surface area (Å²) in [5.74, 6) is 0.874. The molecule has 1 aromatic carbocycles. The summed E-state index contributed by atoms with van der Waals surface area (Å²) in [5.41, 5.74) is 1.18. The van der Waals surface area contributed by atoms with Crippen LogP contribution in [0, 0.1) is 5.92 Å². The Morgan fingerprint density at radius 1 is 1.50 bits per heavy atom. The normalized spacial score (nSPS) is 30.4. The maximum absolute atomic E-state index is 11.6. The van der Waals surface area contributed by atoms with Gasteiger partial charge in [-0.25, -0.2) is 0 Å². The van der Waals surface area contributed by atoms with Crippen molar-refractivity contribution in [3.8, 4) is 5.75 Å². The van der Waals surface area contributed by atoms with Crippen LogP contribution in [0.1, 0.15) is 18.4 Å². The van der Waals surface area contributed by atoms with E-state index in [1.165, 1.54) is 12.7 Å². The minimum absolute atomic E-state index is 0.00192. The number of benzene rings is 1. The molecule has 0 bridgehead atoms. The smallest absolute Gasteiger partial charge is 0.309 e. The van der Waals surface area contributed by atoms with Crippen molar-refractivity contribution in [3.05, 3.63) is 29.8 Å². The monoisotopic (exact) mass is 218 g/mol. The highest BCUT2D eigenvalue weighted by Crippen LogP contribution is 2.60. The number of fused-ring (bicyclic) bond motifs is 2. The van der Waals surface area contributed by atoms with Crippen LogP contribution in [-0.2, 0) is 14.9 Å². The molecule has 3 rings (SSSR count). The van der Waals surface area contributed by atoms with Gasteiger partial charge in [0.05, 0.1) is 19.6 Å². The molecule has 16 heavy (non-hydrogen) atoms. The molecule has 1 aromatic rings. The molecule has 1 aliphatic heterocycles. The molecule has 0 saturated heterocycles. The molecule has 1 aliphatic carbocycles. The maximum Gasteiger partial charge on any atom is 0.309 e. The lowest BCUT2D eigenvalue weighted by atomic mass is 9.87. The Labute approximate surface area is 94.4 Å². The van der Waals surface area contributed by atoms with Crippen LogP contribution >= 0.6 is 0 Å². The third-order valence-electron chi connectivity index (χ3n) is 3.79. The number of rotatable bonds is 1. The van der Waals surface area contributed by atoms with Gasteiger partial charge in [-0.2, -0.15) is 0 Å². The van der Waals surface area contributed by atoms with E-state index in [9.17, 15) is 4.79 Å². The molecule has 3 nitrogen and oxygen atoms in total. The van der Waals surface area contributed by atoms with Crippen molar-refractivity contribution in [1.29, 1.82) is 0 Å². The van der Waals surface area contributed by atoms with Crippen LogP contribution < -0.4 is 4.74 Å². The number of esters is 1. The number of methoxy groups -OCH3 is 1. The fourth-order valence-corrected chi connectivity index (χ4v) is 2.81. The van der Waals surface area contributed by atoms with E-state index in [1.54, 1.807) is 0 Å². The lowest BCUT2D eigenvalue weighted by molar-refractivity contribution is -0.142. The fraction of sp³-hybridized carbons (Fsp3) is 0.462. The Balaban J connectivity index is 1.98. The first-order chi connectivity index (χ1) is 7.78. The number of hydrogen-bond acceptors (Lipinski definition) is 3. The number of ether oxygens (including phenoxy) is 2. The van der Waals surface area contributed by atoms with Gasteiger partial charge in [-0.3, -0.25) is 4.79 Å². The van der Waals surface area contributed by atoms with Gasteiger partial charge in [0.15, 0.2) is 0 Å². The van der Waals surface area contributed by atoms with Gasteiger partial charge >= 0.3 is 5.97 Å². The molecule has 3 heteroatoms. The van der Waals surface area contributed by atoms with E-state index in [2.05, 4.69) is 6.07 Å². The molecular formula is C13H14O3. The minimum Gasteiger partial charge on any atom is -0.493 e. The molecule has 1 heterocycles. The third-order valence-corrected chi connectivity index (χ3v) is 3.79. The average Bonchev–Trinajstić information content (AvgIpc) is 3.04. The lowest BCUT2D eigenvalue weighted by Crippen LogP contribution is -2.24. The summed E-state index contributed by atoms with van der Waals surface area (Å²) in [4.78, 5) is 11.6. The van der Waals surface area contributed by atoms with Crippen molar-refractivity contribution in [2.45, 2.75) is 18.3 Å². The predicted octanol–water partition coefficient (Wildman–Crippen LogP) is 1.90. The van der Waals surface area contributed by atoms with Crippen molar-refractivity contribution in [2.75, 3.05) is 13.7 Å². The first kappa shape index (κ1) is 9.70. The van der Waals surface area contributed by atoms with E-state index in [4.69, 9.17) is 9.47 Å². The van der Waals surface area contributed by atoms with Crippen molar-refractivity contribution in [1.82, 2.24) is 0 Å². The first-order valence-electron chi connectivity index (χ1n) is 5.58. The predicted molar refractivity (Wildman–Crippen MR) is 58.4 cm³/mol. The maximum atomic E-state index is 11.6. The Kier molecular flexibility index (Phi) is 1.96. The average molecular weight is 218 g/mol. The summed E-state index contributed by atoms with van der Waals surface area (Å²) in [7, 11) is 1.46. The summed E-state index contributed by atoms with van der Waals surface area (Å²) in [6.07, 6.45) is 1.82. The molecule has 1 fully saturated rings. The first-order valence-corrected chi connectivity index (χ1v) is 5.58.